The lowest BCUT2D eigenvalue weighted by atomic mass is 9.92. The van der Waals surface area contributed by atoms with Crippen molar-refractivity contribution in [1.29, 1.82) is 0 Å². The van der Waals surface area contributed by atoms with Crippen molar-refractivity contribution in [2.75, 3.05) is 6.54 Å². The van der Waals surface area contributed by atoms with E-state index in [1.165, 1.54) is 24.3 Å². The molecule has 4 nitrogen and oxygen atoms in total. The van der Waals surface area contributed by atoms with Crippen molar-refractivity contribution in [3.8, 4) is 0 Å². The van der Waals surface area contributed by atoms with Gasteiger partial charge in [-0.05, 0) is 24.6 Å². The Morgan fingerprint density at radius 2 is 2.00 bits per heavy atom. The van der Waals surface area contributed by atoms with E-state index >= 15 is 0 Å². The fraction of sp³-hybridized carbons (Fsp3) is 0.231. The van der Waals surface area contributed by atoms with Crippen molar-refractivity contribution in [3.63, 3.8) is 0 Å². The second-order valence-corrected chi connectivity index (χ2v) is 5.01. The van der Waals surface area contributed by atoms with Crippen molar-refractivity contribution in [2.24, 2.45) is 0 Å². The third-order valence-corrected chi connectivity index (χ3v) is 3.15. The quantitative estimate of drug-likeness (QED) is 0.865. The molecule has 1 aromatic rings. The van der Waals surface area contributed by atoms with Crippen molar-refractivity contribution in [3.05, 3.63) is 47.3 Å². The van der Waals surface area contributed by atoms with Crippen molar-refractivity contribution in [1.82, 2.24) is 10.2 Å². The molecule has 0 radical (unpaired) electrons. The molecular formula is C13H12ClFN2O2. The first-order valence-electron chi connectivity index (χ1n) is 5.58. The SMILES string of the molecule is C=C(Cl)CN1C(=O)NC(C)(c2ccc(F)cc2)C1=O. The summed E-state index contributed by atoms with van der Waals surface area (Å²) in [5, 5.41) is 2.77. The Hall–Kier alpha value is -1.88. The molecule has 1 N–H and O–H groups in total. The van der Waals surface area contributed by atoms with Crippen LogP contribution in [0.4, 0.5) is 9.18 Å². The lowest BCUT2D eigenvalue weighted by Gasteiger charge is -2.22. The van der Waals surface area contributed by atoms with E-state index in [0.29, 0.717) is 5.56 Å². The fourth-order valence-corrected chi connectivity index (χ4v) is 2.11. The smallest absolute Gasteiger partial charge is 0.319 e. The van der Waals surface area contributed by atoms with Crippen LogP contribution in [0.15, 0.2) is 35.9 Å². The van der Waals surface area contributed by atoms with Crippen LogP contribution in [0, 0.1) is 5.82 Å². The van der Waals surface area contributed by atoms with Gasteiger partial charge in [0.2, 0.25) is 0 Å². The minimum atomic E-state index is -1.21. The number of rotatable bonds is 3. The van der Waals surface area contributed by atoms with Gasteiger partial charge in [-0.1, -0.05) is 30.3 Å². The molecule has 1 unspecified atom stereocenters. The summed E-state index contributed by atoms with van der Waals surface area (Å²) in [4.78, 5) is 25.1. The first-order chi connectivity index (χ1) is 8.84. The van der Waals surface area contributed by atoms with Crippen molar-refractivity contribution >= 4 is 23.5 Å². The largest absolute Gasteiger partial charge is 0.325 e. The maximum Gasteiger partial charge on any atom is 0.325 e. The van der Waals surface area contributed by atoms with E-state index in [1.807, 2.05) is 0 Å². The number of imide groups is 1. The Morgan fingerprint density at radius 3 is 2.53 bits per heavy atom. The predicted molar refractivity (Wildman–Crippen MR) is 69.0 cm³/mol. The molecule has 19 heavy (non-hydrogen) atoms. The molecule has 0 spiro atoms. The molecule has 1 atom stereocenters. The van der Waals surface area contributed by atoms with E-state index < -0.39 is 23.3 Å². The molecule has 0 aliphatic carbocycles. The van der Waals surface area contributed by atoms with E-state index in [4.69, 9.17) is 11.6 Å². The van der Waals surface area contributed by atoms with Crippen LogP contribution in [-0.4, -0.2) is 23.4 Å². The van der Waals surface area contributed by atoms with Gasteiger partial charge in [0.15, 0.2) is 0 Å². The number of carbonyl (C=O) groups is 2. The summed E-state index contributed by atoms with van der Waals surface area (Å²) in [5.41, 5.74) is -0.702. The zero-order valence-corrected chi connectivity index (χ0v) is 11.0. The summed E-state index contributed by atoms with van der Waals surface area (Å²) >= 11 is 5.63. The van der Waals surface area contributed by atoms with Crippen molar-refractivity contribution < 1.29 is 14.0 Å². The van der Waals surface area contributed by atoms with Gasteiger partial charge in [0, 0.05) is 5.03 Å². The van der Waals surface area contributed by atoms with Crippen LogP contribution in [0.1, 0.15) is 12.5 Å². The molecule has 1 aliphatic heterocycles. The summed E-state index contributed by atoms with van der Waals surface area (Å²) in [6.07, 6.45) is 0. The Labute approximate surface area is 114 Å². The molecule has 6 heteroatoms. The minimum Gasteiger partial charge on any atom is -0.319 e. The average molecular weight is 283 g/mol. The molecule has 0 aromatic heterocycles. The standard InChI is InChI=1S/C13H12ClFN2O2/c1-8(14)7-17-11(18)13(2,16-12(17)19)9-3-5-10(15)6-4-9/h3-6H,1,7H2,2H3,(H,16,19). The van der Waals surface area contributed by atoms with Crippen LogP contribution in [0.5, 0.6) is 0 Å². The highest BCUT2D eigenvalue weighted by atomic mass is 35.5. The normalized spacial score (nSPS) is 22.6. The number of hydrogen-bond acceptors (Lipinski definition) is 2. The van der Waals surface area contributed by atoms with Crippen LogP contribution in [-0.2, 0) is 10.3 Å². The summed E-state index contributed by atoms with van der Waals surface area (Å²) in [5.74, 6) is -0.846. The summed E-state index contributed by atoms with van der Waals surface area (Å²) in [6, 6.07) is 4.87. The van der Waals surface area contributed by atoms with Gasteiger partial charge in [-0.25, -0.2) is 9.18 Å². The zero-order chi connectivity index (χ0) is 14.2. The first-order valence-corrected chi connectivity index (χ1v) is 5.96. The molecule has 3 amide bonds. The number of hydrogen-bond donors (Lipinski definition) is 1. The molecule has 0 saturated carbocycles. The van der Waals surface area contributed by atoms with Gasteiger partial charge < -0.3 is 5.32 Å². The van der Waals surface area contributed by atoms with Gasteiger partial charge in [0.05, 0.1) is 6.54 Å². The highest BCUT2D eigenvalue weighted by Gasteiger charge is 2.48. The number of benzene rings is 1. The number of halogens is 2. The van der Waals surface area contributed by atoms with Gasteiger partial charge >= 0.3 is 6.03 Å². The maximum absolute atomic E-state index is 12.9. The third-order valence-electron chi connectivity index (χ3n) is 3.03. The Balaban J connectivity index is 2.35. The number of nitrogens with one attached hydrogen (secondary N) is 1. The summed E-state index contributed by atoms with van der Waals surface area (Å²) in [6.45, 7) is 4.98. The highest BCUT2D eigenvalue weighted by molar-refractivity contribution is 6.30. The highest BCUT2D eigenvalue weighted by Crippen LogP contribution is 2.29. The van der Waals surface area contributed by atoms with Crippen LogP contribution in [0.2, 0.25) is 0 Å². The summed E-state index contributed by atoms with van der Waals surface area (Å²) in [7, 11) is 0. The molecule has 1 fully saturated rings. The Bertz CT molecular complexity index is 558. The molecule has 1 heterocycles. The van der Waals surface area contributed by atoms with E-state index in [0.717, 1.165) is 4.90 Å². The molecular weight excluding hydrogens is 271 g/mol. The molecule has 1 aliphatic rings. The van der Waals surface area contributed by atoms with Gasteiger partial charge in [-0.15, -0.1) is 0 Å². The van der Waals surface area contributed by atoms with Crippen molar-refractivity contribution in [2.45, 2.75) is 12.5 Å². The molecule has 1 saturated heterocycles. The molecule has 2 rings (SSSR count). The van der Waals surface area contributed by atoms with Gasteiger partial charge in [0.1, 0.15) is 11.4 Å². The maximum atomic E-state index is 12.9. The predicted octanol–water partition coefficient (Wildman–Crippen LogP) is 2.35. The van der Waals surface area contributed by atoms with E-state index in [2.05, 4.69) is 11.9 Å². The average Bonchev–Trinajstić information content (AvgIpc) is 2.54. The second-order valence-electron chi connectivity index (χ2n) is 4.47. The number of urea groups is 1. The fourth-order valence-electron chi connectivity index (χ4n) is 1.99. The number of nitrogens with zero attached hydrogens (tertiary/aromatic N) is 1. The van der Waals surface area contributed by atoms with Crippen LogP contribution >= 0.6 is 11.6 Å². The van der Waals surface area contributed by atoms with Crippen LogP contribution in [0.3, 0.4) is 0 Å². The van der Waals surface area contributed by atoms with Gasteiger partial charge in [0.25, 0.3) is 5.91 Å². The lowest BCUT2D eigenvalue weighted by molar-refractivity contribution is -0.130. The topological polar surface area (TPSA) is 49.4 Å². The third kappa shape index (κ3) is 2.33. The summed E-state index contributed by atoms with van der Waals surface area (Å²) < 4.78 is 12.9. The second kappa shape index (κ2) is 4.66. The van der Waals surface area contributed by atoms with Crippen LogP contribution < -0.4 is 5.32 Å². The Kier molecular flexibility index (Phi) is 3.32. The molecule has 100 valence electrons. The Morgan fingerprint density at radius 1 is 1.42 bits per heavy atom. The number of amides is 3. The lowest BCUT2D eigenvalue weighted by Crippen LogP contribution is -2.41. The van der Waals surface area contributed by atoms with Gasteiger partial charge in [-0.2, -0.15) is 0 Å². The molecule has 0 bridgehead atoms. The van der Waals surface area contributed by atoms with Crippen LogP contribution in [0.25, 0.3) is 0 Å². The van der Waals surface area contributed by atoms with E-state index in [-0.39, 0.29) is 11.6 Å². The zero-order valence-electron chi connectivity index (χ0n) is 10.2. The van der Waals surface area contributed by atoms with E-state index in [1.54, 1.807) is 6.92 Å². The van der Waals surface area contributed by atoms with E-state index in [9.17, 15) is 14.0 Å². The number of carbonyl (C=O) groups excluding carboxylic acids is 2. The minimum absolute atomic E-state index is 0.0526. The monoisotopic (exact) mass is 282 g/mol. The first kappa shape index (κ1) is 13.5. The molecule has 1 aromatic carbocycles. The van der Waals surface area contributed by atoms with Gasteiger partial charge in [-0.3, -0.25) is 9.69 Å².